The molecule has 0 spiro atoms. The molecule has 1 aromatic carbocycles. The first kappa shape index (κ1) is 14.8. The molecule has 7 nitrogen and oxygen atoms in total. The van der Waals surface area contributed by atoms with Gasteiger partial charge in [0.25, 0.3) is 5.56 Å². The molecular weight excluding hydrogens is 294 g/mol. The summed E-state index contributed by atoms with van der Waals surface area (Å²) in [7, 11) is 0. The zero-order valence-corrected chi connectivity index (χ0v) is 12.3. The van der Waals surface area contributed by atoms with Crippen molar-refractivity contribution in [2.75, 3.05) is 5.32 Å². The highest BCUT2D eigenvalue weighted by molar-refractivity contribution is 5.90. The van der Waals surface area contributed by atoms with E-state index in [-0.39, 0.29) is 17.9 Å². The zero-order valence-electron chi connectivity index (χ0n) is 12.3. The summed E-state index contributed by atoms with van der Waals surface area (Å²) in [5.74, 6) is -0.125. The van der Waals surface area contributed by atoms with Crippen LogP contribution in [-0.4, -0.2) is 25.9 Å². The number of anilines is 1. The fourth-order valence-corrected chi connectivity index (χ4v) is 2.22. The van der Waals surface area contributed by atoms with E-state index < -0.39 is 0 Å². The molecule has 1 amide bonds. The van der Waals surface area contributed by atoms with Crippen molar-refractivity contribution in [3.8, 4) is 0 Å². The Morgan fingerprint density at radius 2 is 2.04 bits per heavy atom. The average Bonchev–Trinajstić information content (AvgIpc) is 2.58. The molecule has 3 aromatic rings. The van der Waals surface area contributed by atoms with Gasteiger partial charge in [-0.05, 0) is 30.7 Å². The number of rotatable bonds is 5. The van der Waals surface area contributed by atoms with Crippen LogP contribution >= 0.6 is 0 Å². The summed E-state index contributed by atoms with van der Waals surface area (Å²) in [4.78, 5) is 28.0. The lowest BCUT2D eigenvalue weighted by atomic mass is 10.2. The monoisotopic (exact) mass is 309 g/mol. The third kappa shape index (κ3) is 3.57. The lowest BCUT2D eigenvalue weighted by Gasteiger charge is -2.06. The van der Waals surface area contributed by atoms with Crippen LogP contribution in [0.15, 0.2) is 53.6 Å². The van der Waals surface area contributed by atoms with Crippen molar-refractivity contribution in [3.05, 3.63) is 59.1 Å². The van der Waals surface area contributed by atoms with Gasteiger partial charge in [0.2, 0.25) is 5.91 Å². The van der Waals surface area contributed by atoms with E-state index in [1.165, 1.54) is 4.68 Å². The molecule has 0 saturated heterocycles. The number of aryl methyl sites for hydroxylation is 1. The van der Waals surface area contributed by atoms with Gasteiger partial charge in [0.05, 0.1) is 17.3 Å². The van der Waals surface area contributed by atoms with E-state index in [9.17, 15) is 9.59 Å². The molecule has 116 valence electrons. The second-order valence-corrected chi connectivity index (χ2v) is 5.03. The Hall–Kier alpha value is -3.09. The quantitative estimate of drug-likeness (QED) is 0.773. The van der Waals surface area contributed by atoms with Gasteiger partial charge in [-0.15, -0.1) is 5.10 Å². The maximum absolute atomic E-state index is 12.2. The molecule has 0 aliphatic rings. The molecule has 1 N–H and O–H groups in total. The van der Waals surface area contributed by atoms with Gasteiger partial charge < -0.3 is 5.32 Å². The van der Waals surface area contributed by atoms with Crippen LogP contribution in [0.5, 0.6) is 0 Å². The predicted octanol–water partition coefficient (Wildman–Crippen LogP) is 1.61. The number of nitrogens with zero attached hydrogens (tertiary/aromatic N) is 4. The molecule has 0 radical (unpaired) electrons. The number of aromatic nitrogens is 4. The minimum Gasteiger partial charge on any atom is -0.325 e. The van der Waals surface area contributed by atoms with Crippen LogP contribution in [-0.2, 0) is 11.3 Å². The fourth-order valence-electron chi connectivity index (χ4n) is 2.22. The highest BCUT2D eigenvalue weighted by Gasteiger charge is 2.06. The van der Waals surface area contributed by atoms with Gasteiger partial charge in [-0.3, -0.25) is 14.6 Å². The Bertz CT molecular complexity index is 876. The van der Waals surface area contributed by atoms with Crippen molar-refractivity contribution < 1.29 is 4.79 Å². The van der Waals surface area contributed by atoms with Crippen molar-refractivity contribution in [1.29, 1.82) is 0 Å². The fraction of sp³-hybridized carbons (Fsp3) is 0.188. The zero-order chi connectivity index (χ0) is 16.1. The predicted molar refractivity (Wildman–Crippen MR) is 85.9 cm³/mol. The van der Waals surface area contributed by atoms with Gasteiger partial charge in [0, 0.05) is 19.2 Å². The molecule has 23 heavy (non-hydrogen) atoms. The molecule has 2 aromatic heterocycles. The largest absolute Gasteiger partial charge is 0.325 e. The summed E-state index contributed by atoms with van der Waals surface area (Å²) >= 11 is 0. The molecule has 0 unspecified atom stereocenters. The highest BCUT2D eigenvalue weighted by Crippen LogP contribution is 2.06. The van der Waals surface area contributed by atoms with Gasteiger partial charge in [-0.2, -0.15) is 0 Å². The lowest BCUT2D eigenvalue weighted by Crippen LogP contribution is -2.25. The Morgan fingerprint density at radius 3 is 2.87 bits per heavy atom. The number of hydrogen-bond acceptors (Lipinski definition) is 5. The van der Waals surface area contributed by atoms with Gasteiger partial charge in [0.1, 0.15) is 5.52 Å². The first-order valence-electron chi connectivity index (χ1n) is 7.26. The number of nitrogens with one attached hydrogen (secondary N) is 1. The van der Waals surface area contributed by atoms with E-state index in [1.54, 1.807) is 42.7 Å². The Morgan fingerprint density at radius 1 is 1.17 bits per heavy atom. The van der Waals surface area contributed by atoms with Crippen molar-refractivity contribution in [1.82, 2.24) is 20.0 Å². The van der Waals surface area contributed by atoms with E-state index in [4.69, 9.17) is 0 Å². The highest BCUT2D eigenvalue weighted by atomic mass is 16.1. The molecule has 0 bridgehead atoms. The van der Waals surface area contributed by atoms with E-state index in [2.05, 4.69) is 20.6 Å². The van der Waals surface area contributed by atoms with Gasteiger partial charge in [0.15, 0.2) is 0 Å². The first-order chi connectivity index (χ1) is 11.2. The first-order valence-corrected chi connectivity index (χ1v) is 7.26. The maximum atomic E-state index is 12.2. The summed E-state index contributed by atoms with van der Waals surface area (Å²) in [6, 6.07) is 10.6. The maximum Gasteiger partial charge on any atom is 0.277 e. The minimum atomic E-state index is -0.191. The number of hydrogen-bond donors (Lipinski definition) is 1. The Labute approximate surface area is 132 Å². The van der Waals surface area contributed by atoms with E-state index in [0.717, 1.165) is 0 Å². The van der Waals surface area contributed by atoms with Crippen LogP contribution in [0.25, 0.3) is 10.9 Å². The number of amides is 1. The lowest BCUT2D eigenvalue weighted by molar-refractivity contribution is -0.116. The average molecular weight is 309 g/mol. The van der Waals surface area contributed by atoms with Crippen molar-refractivity contribution >= 4 is 22.5 Å². The molecule has 2 heterocycles. The van der Waals surface area contributed by atoms with Gasteiger partial charge in [-0.25, -0.2) is 4.68 Å². The summed E-state index contributed by atoms with van der Waals surface area (Å²) < 4.78 is 1.29. The number of carbonyl (C=O) groups excluding carboxylic acids is 1. The molecule has 0 saturated carbocycles. The van der Waals surface area contributed by atoms with E-state index in [0.29, 0.717) is 29.6 Å². The molecule has 0 atom stereocenters. The second kappa shape index (κ2) is 6.78. The summed E-state index contributed by atoms with van der Waals surface area (Å²) in [6.45, 7) is 0.344. The number of pyridine rings is 1. The van der Waals surface area contributed by atoms with Gasteiger partial charge in [-0.1, -0.05) is 17.3 Å². The molecule has 0 fully saturated rings. The molecule has 0 aliphatic carbocycles. The van der Waals surface area contributed by atoms with Gasteiger partial charge >= 0.3 is 0 Å². The van der Waals surface area contributed by atoms with E-state index in [1.807, 2.05) is 6.07 Å². The van der Waals surface area contributed by atoms with E-state index >= 15 is 0 Å². The summed E-state index contributed by atoms with van der Waals surface area (Å²) in [5.41, 5.74) is 1.03. The van der Waals surface area contributed by atoms with Crippen LogP contribution in [0, 0.1) is 0 Å². The number of carbonyl (C=O) groups is 1. The smallest absolute Gasteiger partial charge is 0.277 e. The molecule has 7 heteroatoms. The Balaban J connectivity index is 1.60. The third-order valence-corrected chi connectivity index (χ3v) is 3.35. The number of fused-ring (bicyclic) bond motifs is 1. The van der Waals surface area contributed by atoms with Crippen LogP contribution in [0.1, 0.15) is 12.8 Å². The minimum absolute atomic E-state index is 0.125. The normalized spacial score (nSPS) is 10.6. The van der Waals surface area contributed by atoms with Crippen LogP contribution in [0.4, 0.5) is 5.69 Å². The van der Waals surface area contributed by atoms with Crippen LogP contribution in [0.2, 0.25) is 0 Å². The summed E-state index contributed by atoms with van der Waals surface area (Å²) in [5, 5.41) is 11.2. The SMILES string of the molecule is O=C(CCCn1nnc2ccccc2c1=O)Nc1cccnc1. The standard InChI is InChI=1S/C16H15N5O2/c22-15(18-12-5-3-9-17-11-12)8-4-10-21-16(23)13-6-1-2-7-14(13)19-20-21/h1-3,5-7,9,11H,4,8,10H2,(H,18,22). The number of benzene rings is 1. The molecular formula is C16H15N5O2. The molecule has 3 rings (SSSR count). The summed E-state index contributed by atoms with van der Waals surface area (Å²) in [6.07, 6.45) is 4.01. The van der Waals surface area contributed by atoms with Crippen molar-refractivity contribution in [2.45, 2.75) is 19.4 Å². The topological polar surface area (TPSA) is 89.8 Å². The van der Waals surface area contributed by atoms with Crippen LogP contribution < -0.4 is 10.9 Å². The molecule has 0 aliphatic heterocycles. The van der Waals surface area contributed by atoms with Crippen molar-refractivity contribution in [3.63, 3.8) is 0 Å². The van der Waals surface area contributed by atoms with Crippen molar-refractivity contribution in [2.24, 2.45) is 0 Å². The van der Waals surface area contributed by atoms with Crippen LogP contribution in [0.3, 0.4) is 0 Å². The second-order valence-electron chi connectivity index (χ2n) is 5.03. The Kier molecular flexibility index (Phi) is 4.37. The third-order valence-electron chi connectivity index (χ3n) is 3.35.